The van der Waals surface area contributed by atoms with E-state index < -0.39 is 0 Å². The van der Waals surface area contributed by atoms with Crippen molar-refractivity contribution in [2.75, 3.05) is 33.8 Å². The molecule has 0 spiro atoms. The van der Waals surface area contributed by atoms with Crippen LogP contribution < -0.4 is 10.1 Å². The van der Waals surface area contributed by atoms with Gasteiger partial charge < -0.3 is 15.0 Å². The number of nitrogens with zero attached hydrogens (tertiary/aromatic N) is 2. The van der Waals surface area contributed by atoms with Crippen LogP contribution in [-0.2, 0) is 5.41 Å². The topological polar surface area (TPSA) is 36.9 Å². The van der Waals surface area contributed by atoms with Gasteiger partial charge in [-0.3, -0.25) is 4.99 Å². The number of rotatable bonds is 4. The van der Waals surface area contributed by atoms with Gasteiger partial charge in [-0.2, -0.15) is 0 Å². The summed E-state index contributed by atoms with van der Waals surface area (Å²) in [6.45, 7) is 9.90. The Bertz CT molecular complexity index is 528. The van der Waals surface area contributed by atoms with E-state index in [1.165, 1.54) is 18.4 Å². The Kier molecular flexibility index (Phi) is 8.33. The third-order valence-electron chi connectivity index (χ3n) is 4.73. The highest BCUT2D eigenvalue weighted by atomic mass is 127. The summed E-state index contributed by atoms with van der Waals surface area (Å²) in [5.41, 5.74) is 1.33. The van der Waals surface area contributed by atoms with Crippen molar-refractivity contribution in [2.45, 2.75) is 39.0 Å². The minimum Gasteiger partial charge on any atom is -0.497 e. The number of guanidine groups is 1. The summed E-state index contributed by atoms with van der Waals surface area (Å²) in [4.78, 5) is 6.87. The van der Waals surface area contributed by atoms with Crippen LogP contribution in [0.25, 0.3) is 0 Å². The van der Waals surface area contributed by atoms with Gasteiger partial charge in [0.1, 0.15) is 5.75 Å². The monoisotopic (exact) mass is 445 g/mol. The third-order valence-corrected chi connectivity index (χ3v) is 4.73. The lowest BCUT2D eigenvalue weighted by atomic mass is 9.84. The third kappa shape index (κ3) is 5.53. The van der Waals surface area contributed by atoms with Gasteiger partial charge in [0.25, 0.3) is 0 Å². The first-order valence-electron chi connectivity index (χ1n) is 8.56. The molecule has 1 aromatic carbocycles. The molecule has 1 saturated heterocycles. The summed E-state index contributed by atoms with van der Waals surface area (Å²) >= 11 is 0. The van der Waals surface area contributed by atoms with Gasteiger partial charge >= 0.3 is 0 Å². The Morgan fingerprint density at radius 2 is 2.00 bits per heavy atom. The molecule has 24 heavy (non-hydrogen) atoms. The lowest BCUT2D eigenvalue weighted by molar-refractivity contribution is 0.264. The number of benzene rings is 1. The van der Waals surface area contributed by atoms with Crippen LogP contribution in [0, 0.1) is 5.92 Å². The van der Waals surface area contributed by atoms with Crippen molar-refractivity contribution in [1.29, 1.82) is 0 Å². The molecule has 1 aliphatic rings. The highest BCUT2D eigenvalue weighted by Crippen LogP contribution is 2.25. The molecule has 0 amide bonds. The molecule has 136 valence electrons. The molecule has 0 aromatic heterocycles. The summed E-state index contributed by atoms with van der Waals surface area (Å²) in [6.07, 6.45) is 2.58. The van der Waals surface area contributed by atoms with Crippen molar-refractivity contribution in [1.82, 2.24) is 10.2 Å². The molecular formula is C19H32IN3O. The second-order valence-electron chi connectivity index (χ2n) is 7.21. The standard InChI is InChI=1S/C19H31N3O.HI/c1-15-7-6-12-22(13-15)18(20-4)21-14-19(2,3)16-8-10-17(23-5)11-9-16;/h8-11,15H,6-7,12-14H2,1-5H3,(H,20,21);1H. The Morgan fingerprint density at radius 1 is 1.33 bits per heavy atom. The molecule has 1 fully saturated rings. The molecule has 1 heterocycles. The van der Waals surface area contributed by atoms with Gasteiger partial charge in [-0.1, -0.05) is 32.9 Å². The molecule has 2 rings (SSSR count). The molecule has 4 nitrogen and oxygen atoms in total. The SMILES string of the molecule is CN=C(NCC(C)(C)c1ccc(OC)cc1)N1CCCC(C)C1.I. The van der Waals surface area contributed by atoms with Crippen molar-refractivity contribution >= 4 is 29.9 Å². The van der Waals surface area contributed by atoms with Gasteiger partial charge in [0.15, 0.2) is 5.96 Å². The number of hydrogen-bond donors (Lipinski definition) is 1. The smallest absolute Gasteiger partial charge is 0.193 e. The Morgan fingerprint density at radius 3 is 2.54 bits per heavy atom. The Hall–Kier alpha value is -0.980. The summed E-state index contributed by atoms with van der Waals surface area (Å²) < 4.78 is 5.25. The van der Waals surface area contributed by atoms with Crippen LogP contribution in [0.4, 0.5) is 0 Å². The number of aliphatic imine (C=N–C) groups is 1. The quantitative estimate of drug-likeness (QED) is 0.434. The van der Waals surface area contributed by atoms with Crippen molar-refractivity contribution in [2.24, 2.45) is 10.9 Å². The molecule has 1 aliphatic heterocycles. The normalized spacial score (nSPS) is 18.8. The second-order valence-corrected chi connectivity index (χ2v) is 7.21. The first-order valence-corrected chi connectivity index (χ1v) is 8.56. The van der Waals surface area contributed by atoms with Gasteiger partial charge in [-0.15, -0.1) is 24.0 Å². The van der Waals surface area contributed by atoms with E-state index in [1.807, 2.05) is 19.2 Å². The van der Waals surface area contributed by atoms with Crippen molar-refractivity contribution in [3.8, 4) is 5.75 Å². The lowest BCUT2D eigenvalue weighted by Crippen LogP contribution is -2.49. The Labute approximate surface area is 164 Å². The zero-order valence-electron chi connectivity index (χ0n) is 15.6. The van der Waals surface area contributed by atoms with Crippen LogP contribution in [0.3, 0.4) is 0 Å². The summed E-state index contributed by atoms with van der Waals surface area (Å²) in [7, 11) is 3.58. The number of nitrogens with one attached hydrogen (secondary N) is 1. The number of methoxy groups -OCH3 is 1. The lowest BCUT2D eigenvalue weighted by Gasteiger charge is -2.35. The molecule has 0 radical (unpaired) electrons. The van der Waals surface area contributed by atoms with Gasteiger partial charge in [-0.25, -0.2) is 0 Å². The maximum Gasteiger partial charge on any atom is 0.193 e. The molecule has 0 bridgehead atoms. The molecule has 1 atom stereocenters. The molecule has 1 aromatic rings. The van der Waals surface area contributed by atoms with E-state index in [1.54, 1.807) is 7.11 Å². The van der Waals surface area contributed by atoms with Crippen molar-refractivity contribution in [3.05, 3.63) is 29.8 Å². The van der Waals surface area contributed by atoms with Gasteiger partial charge in [-0.05, 0) is 36.5 Å². The largest absolute Gasteiger partial charge is 0.497 e. The van der Waals surface area contributed by atoms with Crippen LogP contribution in [0.5, 0.6) is 5.75 Å². The fraction of sp³-hybridized carbons (Fsp3) is 0.632. The molecule has 0 aliphatic carbocycles. The zero-order valence-corrected chi connectivity index (χ0v) is 18.0. The minimum absolute atomic E-state index is 0. The highest BCUT2D eigenvalue weighted by molar-refractivity contribution is 14.0. The molecular weight excluding hydrogens is 413 g/mol. The summed E-state index contributed by atoms with van der Waals surface area (Å²) in [6, 6.07) is 8.34. The van der Waals surface area contributed by atoms with Crippen molar-refractivity contribution < 1.29 is 4.74 Å². The molecule has 1 N–H and O–H groups in total. The number of ether oxygens (including phenoxy) is 1. The summed E-state index contributed by atoms with van der Waals surface area (Å²) in [5, 5.41) is 3.57. The molecule has 5 heteroatoms. The first-order chi connectivity index (χ1) is 11.0. The number of hydrogen-bond acceptors (Lipinski definition) is 2. The number of halogens is 1. The van der Waals surface area contributed by atoms with Crippen LogP contribution in [-0.4, -0.2) is 44.7 Å². The van der Waals surface area contributed by atoms with Crippen LogP contribution in [0.2, 0.25) is 0 Å². The van der Waals surface area contributed by atoms with E-state index >= 15 is 0 Å². The van der Waals surface area contributed by atoms with Crippen LogP contribution in [0.1, 0.15) is 39.2 Å². The van der Waals surface area contributed by atoms with E-state index in [4.69, 9.17) is 4.74 Å². The van der Waals surface area contributed by atoms with Crippen LogP contribution in [0.15, 0.2) is 29.3 Å². The van der Waals surface area contributed by atoms with E-state index in [-0.39, 0.29) is 29.4 Å². The predicted molar refractivity (Wildman–Crippen MR) is 113 cm³/mol. The Balaban J connectivity index is 0.00000288. The predicted octanol–water partition coefficient (Wildman–Crippen LogP) is 3.90. The van der Waals surface area contributed by atoms with Crippen molar-refractivity contribution in [3.63, 3.8) is 0 Å². The highest BCUT2D eigenvalue weighted by Gasteiger charge is 2.24. The fourth-order valence-corrected chi connectivity index (χ4v) is 3.16. The first kappa shape index (κ1) is 21.1. The number of piperidine rings is 1. The van der Waals surface area contributed by atoms with E-state index in [0.717, 1.165) is 37.3 Å². The average molecular weight is 445 g/mol. The molecule has 0 saturated carbocycles. The molecule has 1 unspecified atom stereocenters. The van der Waals surface area contributed by atoms with E-state index in [2.05, 4.69) is 48.1 Å². The maximum atomic E-state index is 5.25. The fourth-order valence-electron chi connectivity index (χ4n) is 3.16. The van der Waals surface area contributed by atoms with Gasteiger partial charge in [0, 0.05) is 32.1 Å². The van der Waals surface area contributed by atoms with Crippen LogP contribution >= 0.6 is 24.0 Å². The van der Waals surface area contributed by atoms with Gasteiger partial charge in [0.05, 0.1) is 7.11 Å². The average Bonchev–Trinajstić information content (AvgIpc) is 2.55. The van der Waals surface area contributed by atoms with E-state index in [9.17, 15) is 0 Å². The minimum atomic E-state index is 0. The zero-order chi connectivity index (χ0) is 16.9. The summed E-state index contributed by atoms with van der Waals surface area (Å²) in [5.74, 6) is 2.67. The maximum absolute atomic E-state index is 5.25. The second kappa shape index (κ2) is 9.49. The van der Waals surface area contributed by atoms with E-state index in [0.29, 0.717) is 0 Å². The van der Waals surface area contributed by atoms with Gasteiger partial charge in [0.2, 0.25) is 0 Å². The number of likely N-dealkylation sites (tertiary alicyclic amines) is 1.